The van der Waals surface area contributed by atoms with Crippen LogP contribution in [0, 0.1) is 0 Å². The third-order valence-corrected chi connectivity index (χ3v) is 6.60. The number of esters is 2. The van der Waals surface area contributed by atoms with E-state index in [0.717, 1.165) is 10.0 Å². The largest absolute Gasteiger partial charge is 0.463 e. The number of ether oxygens (including phenoxy) is 2. The van der Waals surface area contributed by atoms with Gasteiger partial charge < -0.3 is 9.47 Å². The second kappa shape index (κ2) is 9.90. The van der Waals surface area contributed by atoms with Gasteiger partial charge in [-0.25, -0.2) is 9.79 Å². The van der Waals surface area contributed by atoms with E-state index in [0.29, 0.717) is 31.9 Å². The molecule has 0 radical (unpaired) electrons. The van der Waals surface area contributed by atoms with E-state index in [9.17, 15) is 14.4 Å². The van der Waals surface area contributed by atoms with Gasteiger partial charge in [0.2, 0.25) is 0 Å². The van der Waals surface area contributed by atoms with Crippen LogP contribution in [0.3, 0.4) is 0 Å². The van der Waals surface area contributed by atoms with E-state index in [4.69, 9.17) is 9.47 Å². The molecule has 0 N–H and O–H groups in total. The van der Waals surface area contributed by atoms with E-state index in [1.54, 1.807) is 44.2 Å². The highest BCUT2D eigenvalue weighted by Crippen LogP contribution is 2.31. The van der Waals surface area contributed by atoms with Crippen LogP contribution in [0.15, 0.2) is 74.1 Å². The number of hydrogen-bond acceptors (Lipinski definition) is 7. The molecule has 4 rings (SSSR count). The molecular formula is C25H21BrN2O5S. The fourth-order valence-corrected chi connectivity index (χ4v) is 5.20. The van der Waals surface area contributed by atoms with Crippen molar-refractivity contribution in [1.82, 2.24) is 4.57 Å². The Balaban J connectivity index is 1.91. The zero-order chi connectivity index (χ0) is 24.4. The van der Waals surface area contributed by atoms with E-state index in [2.05, 4.69) is 20.9 Å². The second-order valence-corrected chi connectivity index (χ2v) is 9.44. The lowest BCUT2D eigenvalue weighted by Crippen LogP contribution is -2.39. The molecular weight excluding hydrogens is 520 g/mol. The van der Waals surface area contributed by atoms with Crippen molar-refractivity contribution in [3.8, 4) is 5.75 Å². The molecule has 174 valence electrons. The van der Waals surface area contributed by atoms with Gasteiger partial charge in [-0.15, -0.1) is 0 Å². The van der Waals surface area contributed by atoms with Crippen LogP contribution in [0.5, 0.6) is 5.75 Å². The van der Waals surface area contributed by atoms with Crippen LogP contribution in [0.4, 0.5) is 0 Å². The number of benzene rings is 2. The Morgan fingerprint density at radius 2 is 1.94 bits per heavy atom. The Morgan fingerprint density at radius 1 is 1.21 bits per heavy atom. The number of thiazole rings is 1. The van der Waals surface area contributed by atoms with Gasteiger partial charge in [0.1, 0.15) is 5.75 Å². The zero-order valence-corrected chi connectivity index (χ0v) is 21.1. The predicted octanol–water partition coefficient (Wildman–Crippen LogP) is 3.49. The molecule has 0 amide bonds. The fraction of sp³-hybridized carbons (Fsp3) is 0.200. The highest BCUT2D eigenvalue weighted by atomic mass is 79.9. The maximum Gasteiger partial charge on any atom is 0.338 e. The van der Waals surface area contributed by atoms with Crippen molar-refractivity contribution in [3.63, 3.8) is 0 Å². The topological polar surface area (TPSA) is 87.0 Å². The lowest BCUT2D eigenvalue weighted by molar-refractivity contribution is -0.139. The summed E-state index contributed by atoms with van der Waals surface area (Å²) in [6, 6.07) is 13.6. The van der Waals surface area contributed by atoms with Crippen molar-refractivity contribution in [1.29, 1.82) is 0 Å². The Bertz CT molecular complexity index is 1480. The van der Waals surface area contributed by atoms with Gasteiger partial charge in [-0.2, -0.15) is 0 Å². The zero-order valence-electron chi connectivity index (χ0n) is 18.7. The van der Waals surface area contributed by atoms with E-state index in [1.165, 1.54) is 22.8 Å². The third-order valence-electron chi connectivity index (χ3n) is 5.12. The monoisotopic (exact) mass is 540 g/mol. The normalized spacial score (nSPS) is 15.5. The number of hydrogen-bond donors (Lipinski definition) is 0. The van der Waals surface area contributed by atoms with Crippen molar-refractivity contribution < 1.29 is 19.1 Å². The summed E-state index contributed by atoms with van der Waals surface area (Å²) in [7, 11) is 0. The minimum Gasteiger partial charge on any atom is -0.463 e. The Morgan fingerprint density at radius 3 is 2.59 bits per heavy atom. The molecule has 1 atom stereocenters. The summed E-state index contributed by atoms with van der Waals surface area (Å²) >= 11 is 4.71. The number of carbonyl (C=O) groups excluding carboxylic acids is 2. The molecule has 2 aromatic carbocycles. The van der Waals surface area contributed by atoms with E-state index in [-0.39, 0.29) is 12.2 Å². The maximum absolute atomic E-state index is 13.6. The standard InChI is InChI=1S/C25H21BrN2O5S/c1-4-32-24(31)21-14(2)27-25-28(22(21)17-8-10-19(11-9-17)33-15(3)29)23(30)20(34-25)13-16-6-5-7-18(26)12-16/h5-13,22H,4H2,1-3H3/b20-13-. The van der Waals surface area contributed by atoms with Gasteiger partial charge in [0.15, 0.2) is 4.80 Å². The molecule has 0 saturated carbocycles. The summed E-state index contributed by atoms with van der Waals surface area (Å²) < 4.78 is 13.3. The first-order valence-corrected chi connectivity index (χ1v) is 12.1. The summed E-state index contributed by atoms with van der Waals surface area (Å²) in [5.74, 6) is -0.591. The average molecular weight is 541 g/mol. The molecule has 0 fully saturated rings. The van der Waals surface area contributed by atoms with Crippen molar-refractivity contribution >= 4 is 45.3 Å². The molecule has 1 aliphatic heterocycles. The first-order chi connectivity index (χ1) is 16.3. The summed E-state index contributed by atoms with van der Waals surface area (Å²) in [5, 5.41) is 0. The molecule has 2 heterocycles. The number of aromatic nitrogens is 1. The first-order valence-electron chi connectivity index (χ1n) is 10.5. The average Bonchev–Trinajstić information content (AvgIpc) is 3.07. The van der Waals surface area contributed by atoms with Crippen molar-refractivity contribution in [2.45, 2.75) is 26.8 Å². The SMILES string of the molecule is CCOC(=O)C1=C(C)N=c2s/c(=C\c3cccc(Br)c3)c(=O)n2C1c1ccc(OC(C)=O)cc1. The number of carbonyl (C=O) groups is 2. The van der Waals surface area contributed by atoms with Crippen LogP contribution in [-0.4, -0.2) is 23.1 Å². The Labute approximate surface area is 207 Å². The van der Waals surface area contributed by atoms with Gasteiger partial charge in [0.05, 0.1) is 28.5 Å². The summed E-state index contributed by atoms with van der Waals surface area (Å²) in [6.45, 7) is 4.98. The molecule has 7 nitrogen and oxygen atoms in total. The highest BCUT2D eigenvalue weighted by molar-refractivity contribution is 9.10. The van der Waals surface area contributed by atoms with Crippen molar-refractivity contribution in [3.05, 3.63) is 95.1 Å². The summed E-state index contributed by atoms with van der Waals surface area (Å²) in [5.41, 5.74) is 2.06. The minimum atomic E-state index is -0.730. The molecule has 3 aromatic rings. The predicted molar refractivity (Wildman–Crippen MR) is 132 cm³/mol. The summed E-state index contributed by atoms with van der Waals surface area (Å²) in [6.07, 6.45) is 1.80. The highest BCUT2D eigenvalue weighted by Gasteiger charge is 2.33. The van der Waals surface area contributed by atoms with Gasteiger partial charge in [-0.05, 0) is 55.3 Å². The van der Waals surface area contributed by atoms with Crippen LogP contribution in [0.25, 0.3) is 6.08 Å². The second-order valence-electron chi connectivity index (χ2n) is 7.52. The van der Waals surface area contributed by atoms with Crippen LogP contribution >= 0.6 is 27.3 Å². The van der Waals surface area contributed by atoms with Gasteiger partial charge in [0, 0.05) is 11.4 Å². The fourth-order valence-electron chi connectivity index (χ4n) is 3.74. The van der Waals surface area contributed by atoms with Gasteiger partial charge in [0.25, 0.3) is 5.56 Å². The van der Waals surface area contributed by atoms with Gasteiger partial charge >= 0.3 is 11.9 Å². The van der Waals surface area contributed by atoms with E-state index in [1.807, 2.05) is 24.3 Å². The molecule has 1 aliphatic rings. The third kappa shape index (κ3) is 4.80. The Hall–Kier alpha value is -3.30. The quantitative estimate of drug-likeness (QED) is 0.365. The van der Waals surface area contributed by atoms with Gasteiger partial charge in [-0.3, -0.25) is 14.2 Å². The number of fused-ring (bicyclic) bond motifs is 1. The molecule has 9 heteroatoms. The minimum absolute atomic E-state index is 0.195. The van der Waals surface area contributed by atoms with Crippen molar-refractivity contribution in [2.24, 2.45) is 4.99 Å². The first kappa shape index (κ1) is 23.8. The number of halogens is 1. The number of rotatable bonds is 5. The lowest BCUT2D eigenvalue weighted by Gasteiger charge is -2.24. The number of nitrogens with zero attached hydrogens (tertiary/aromatic N) is 2. The molecule has 0 bridgehead atoms. The molecule has 34 heavy (non-hydrogen) atoms. The van der Waals surface area contributed by atoms with E-state index >= 15 is 0 Å². The Kier molecular flexibility index (Phi) is 6.95. The van der Waals surface area contributed by atoms with Crippen molar-refractivity contribution in [2.75, 3.05) is 6.61 Å². The lowest BCUT2D eigenvalue weighted by atomic mass is 9.96. The van der Waals surface area contributed by atoms with Crippen LogP contribution in [0.2, 0.25) is 0 Å². The molecule has 0 aliphatic carbocycles. The van der Waals surface area contributed by atoms with Crippen LogP contribution < -0.4 is 19.6 Å². The van der Waals surface area contributed by atoms with Crippen LogP contribution in [0.1, 0.15) is 37.9 Å². The number of allylic oxidation sites excluding steroid dienone is 1. The molecule has 1 aromatic heterocycles. The van der Waals surface area contributed by atoms with Gasteiger partial charge in [-0.1, -0.05) is 51.5 Å². The smallest absolute Gasteiger partial charge is 0.338 e. The van der Waals surface area contributed by atoms with Crippen LogP contribution in [-0.2, 0) is 14.3 Å². The molecule has 0 spiro atoms. The van der Waals surface area contributed by atoms with E-state index < -0.39 is 18.0 Å². The maximum atomic E-state index is 13.6. The molecule has 0 saturated heterocycles. The molecule has 1 unspecified atom stereocenters. The summed E-state index contributed by atoms with van der Waals surface area (Å²) in [4.78, 5) is 42.8.